The SMILES string of the molecule is Cc1c(C#N)cc(F)c2nc(CCCC(=O)C(C)C3(C(F)(F)F)CC3)n(C3(C)CCC3)c12. The first-order valence-electron chi connectivity index (χ1n) is 11.2. The molecule has 0 bridgehead atoms. The lowest BCUT2D eigenvalue weighted by molar-refractivity contribution is -0.202. The average Bonchev–Trinajstić information content (AvgIpc) is 3.44. The smallest absolute Gasteiger partial charge is 0.322 e. The van der Waals surface area contributed by atoms with E-state index in [0.717, 1.165) is 19.3 Å². The molecule has 0 spiro atoms. The molecule has 1 aromatic carbocycles. The Balaban J connectivity index is 1.59. The van der Waals surface area contributed by atoms with Gasteiger partial charge in [0, 0.05) is 24.3 Å². The van der Waals surface area contributed by atoms with Crippen molar-refractivity contribution in [3.05, 3.63) is 28.8 Å². The van der Waals surface area contributed by atoms with Gasteiger partial charge in [0.1, 0.15) is 17.1 Å². The lowest BCUT2D eigenvalue weighted by Gasteiger charge is -2.41. The van der Waals surface area contributed by atoms with Gasteiger partial charge in [0.2, 0.25) is 0 Å². The minimum atomic E-state index is -4.36. The number of imidazole rings is 1. The van der Waals surface area contributed by atoms with Crippen LogP contribution < -0.4 is 0 Å². The van der Waals surface area contributed by atoms with Crippen LogP contribution in [0.3, 0.4) is 0 Å². The number of aryl methyl sites for hydroxylation is 2. The molecule has 0 radical (unpaired) electrons. The Hall–Kier alpha value is -2.43. The van der Waals surface area contributed by atoms with Crippen molar-refractivity contribution in [1.82, 2.24) is 9.55 Å². The molecule has 2 saturated carbocycles. The van der Waals surface area contributed by atoms with Crippen molar-refractivity contribution in [2.45, 2.75) is 83.9 Å². The number of halogens is 4. The Morgan fingerprint density at radius 1 is 1.31 bits per heavy atom. The monoisotopic (exact) mass is 449 g/mol. The highest BCUT2D eigenvalue weighted by molar-refractivity contribution is 5.83. The lowest BCUT2D eigenvalue weighted by atomic mass is 9.77. The van der Waals surface area contributed by atoms with Crippen molar-refractivity contribution in [1.29, 1.82) is 5.26 Å². The molecule has 4 nitrogen and oxygen atoms in total. The molecule has 2 aromatic rings. The minimum Gasteiger partial charge on any atom is -0.322 e. The fourth-order valence-corrected chi connectivity index (χ4v) is 5.23. The Kier molecular flexibility index (Phi) is 5.38. The van der Waals surface area contributed by atoms with E-state index in [1.807, 2.05) is 10.6 Å². The van der Waals surface area contributed by atoms with E-state index in [1.165, 1.54) is 13.0 Å². The van der Waals surface area contributed by atoms with Gasteiger partial charge in [-0.15, -0.1) is 0 Å². The topological polar surface area (TPSA) is 58.7 Å². The van der Waals surface area contributed by atoms with Crippen LogP contribution in [0.2, 0.25) is 0 Å². The summed E-state index contributed by atoms with van der Waals surface area (Å²) in [5, 5.41) is 9.39. The molecule has 1 aromatic heterocycles. The van der Waals surface area contributed by atoms with Crippen LogP contribution in [0.25, 0.3) is 11.0 Å². The molecule has 2 aliphatic carbocycles. The Morgan fingerprint density at radius 3 is 2.47 bits per heavy atom. The fourth-order valence-electron chi connectivity index (χ4n) is 5.23. The van der Waals surface area contributed by atoms with E-state index in [1.54, 1.807) is 6.92 Å². The normalized spacial score (nSPS) is 19.9. The number of benzene rings is 1. The highest BCUT2D eigenvalue weighted by Gasteiger charge is 2.67. The molecule has 0 N–H and O–H groups in total. The first kappa shape index (κ1) is 22.8. The maximum Gasteiger partial charge on any atom is 0.395 e. The molecule has 1 atom stereocenters. The van der Waals surface area contributed by atoms with Gasteiger partial charge in [-0.25, -0.2) is 9.37 Å². The van der Waals surface area contributed by atoms with E-state index in [0.29, 0.717) is 29.7 Å². The van der Waals surface area contributed by atoms with E-state index >= 15 is 0 Å². The zero-order valence-electron chi connectivity index (χ0n) is 18.6. The molecule has 8 heteroatoms. The maximum absolute atomic E-state index is 14.7. The van der Waals surface area contributed by atoms with Gasteiger partial charge >= 0.3 is 6.18 Å². The predicted octanol–water partition coefficient (Wildman–Crippen LogP) is 6.13. The zero-order valence-corrected chi connectivity index (χ0v) is 18.6. The third-order valence-electron chi connectivity index (χ3n) is 7.78. The first-order valence-corrected chi connectivity index (χ1v) is 11.2. The minimum absolute atomic E-state index is 0.0112. The molecule has 4 rings (SSSR count). The van der Waals surface area contributed by atoms with E-state index in [9.17, 15) is 27.6 Å². The number of nitriles is 1. The number of hydrogen-bond donors (Lipinski definition) is 0. The summed E-state index contributed by atoms with van der Waals surface area (Å²) in [5.41, 5.74) is -0.366. The zero-order chi connectivity index (χ0) is 23.5. The number of aromatic nitrogens is 2. The molecule has 172 valence electrons. The molecule has 32 heavy (non-hydrogen) atoms. The van der Waals surface area contributed by atoms with Crippen LogP contribution in [0.4, 0.5) is 17.6 Å². The number of hydrogen-bond acceptors (Lipinski definition) is 3. The Bertz CT molecular complexity index is 1120. The number of nitrogens with zero attached hydrogens (tertiary/aromatic N) is 3. The molecular weight excluding hydrogens is 422 g/mol. The van der Waals surface area contributed by atoms with E-state index in [2.05, 4.69) is 11.9 Å². The van der Waals surface area contributed by atoms with Crippen LogP contribution >= 0.6 is 0 Å². The fraction of sp³-hybridized carbons (Fsp3) is 0.625. The van der Waals surface area contributed by atoms with Gasteiger partial charge in [-0.1, -0.05) is 6.92 Å². The van der Waals surface area contributed by atoms with Crippen molar-refractivity contribution in [2.75, 3.05) is 0 Å². The average molecular weight is 449 g/mol. The van der Waals surface area contributed by atoms with Crippen LogP contribution in [0.5, 0.6) is 0 Å². The maximum atomic E-state index is 14.7. The largest absolute Gasteiger partial charge is 0.395 e. The first-order chi connectivity index (χ1) is 14.9. The number of carbonyl (C=O) groups is 1. The van der Waals surface area contributed by atoms with Gasteiger partial charge in [0.15, 0.2) is 5.82 Å². The van der Waals surface area contributed by atoms with Crippen molar-refractivity contribution in [3.63, 3.8) is 0 Å². The third-order valence-corrected chi connectivity index (χ3v) is 7.78. The Morgan fingerprint density at radius 2 is 1.97 bits per heavy atom. The van der Waals surface area contributed by atoms with E-state index < -0.39 is 23.3 Å². The van der Waals surface area contributed by atoms with E-state index in [-0.39, 0.29) is 41.7 Å². The molecule has 0 saturated heterocycles. The van der Waals surface area contributed by atoms with Crippen LogP contribution in [0.1, 0.15) is 75.7 Å². The van der Waals surface area contributed by atoms with Crippen molar-refractivity contribution in [3.8, 4) is 6.07 Å². The van der Waals surface area contributed by atoms with Gasteiger partial charge in [-0.05, 0) is 64.0 Å². The Labute approximate surface area is 184 Å². The number of ketones is 1. The standard InChI is InChI=1S/C24H27F4N3O/c1-14-16(13-29)12-17(25)20-21(14)31(22(3)8-5-9-22)19(30-20)7-4-6-18(32)15(2)23(10-11-23)24(26,27)28/h12,15H,4-11H2,1-3H3. The van der Waals surface area contributed by atoms with Crippen LogP contribution in [-0.4, -0.2) is 21.5 Å². The summed E-state index contributed by atoms with van der Waals surface area (Å²) in [6.45, 7) is 5.24. The second kappa shape index (κ2) is 7.57. The number of fused-ring (bicyclic) bond motifs is 1. The summed E-state index contributed by atoms with van der Waals surface area (Å²) in [6.07, 6.45) is -0.767. The summed E-state index contributed by atoms with van der Waals surface area (Å²) in [6, 6.07) is 3.23. The van der Waals surface area contributed by atoms with Gasteiger partial charge in [0.05, 0.1) is 22.6 Å². The second-order valence-electron chi connectivity index (χ2n) is 9.75. The van der Waals surface area contributed by atoms with Crippen LogP contribution in [-0.2, 0) is 16.8 Å². The summed E-state index contributed by atoms with van der Waals surface area (Å²) >= 11 is 0. The summed E-state index contributed by atoms with van der Waals surface area (Å²) in [4.78, 5) is 17.1. The molecule has 2 aliphatic rings. The summed E-state index contributed by atoms with van der Waals surface area (Å²) < 4.78 is 56.8. The van der Waals surface area contributed by atoms with Crippen molar-refractivity contribution in [2.24, 2.45) is 11.3 Å². The summed E-state index contributed by atoms with van der Waals surface area (Å²) in [5.74, 6) is -1.37. The number of alkyl halides is 3. The quantitative estimate of drug-likeness (QED) is 0.478. The van der Waals surface area contributed by atoms with Crippen molar-refractivity contribution >= 4 is 16.8 Å². The third kappa shape index (κ3) is 3.41. The number of carbonyl (C=O) groups excluding carboxylic acids is 1. The molecular formula is C24H27F4N3O. The van der Waals surface area contributed by atoms with Crippen LogP contribution in [0, 0.1) is 35.4 Å². The van der Waals surface area contributed by atoms with Gasteiger partial charge in [0.25, 0.3) is 0 Å². The van der Waals surface area contributed by atoms with E-state index in [4.69, 9.17) is 0 Å². The number of rotatable bonds is 7. The predicted molar refractivity (Wildman–Crippen MR) is 111 cm³/mol. The second-order valence-corrected chi connectivity index (χ2v) is 9.75. The molecule has 1 unspecified atom stereocenters. The lowest BCUT2D eigenvalue weighted by Crippen LogP contribution is -2.38. The number of Topliss-reactive ketones (excluding diaryl/α,β-unsaturated/α-hetero) is 1. The summed E-state index contributed by atoms with van der Waals surface area (Å²) in [7, 11) is 0. The molecule has 2 fully saturated rings. The molecule has 0 aliphatic heterocycles. The molecule has 1 heterocycles. The highest BCUT2D eigenvalue weighted by atomic mass is 19.4. The van der Waals surface area contributed by atoms with Crippen LogP contribution in [0.15, 0.2) is 6.07 Å². The highest BCUT2D eigenvalue weighted by Crippen LogP contribution is 2.62. The van der Waals surface area contributed by atoms with Gasteiger partial charge in [-0.2, -0.15) is 18.4 Å². The molecule has 0 amide bonds. The van der Waals surface area contributed by atoms with Gasteiger partial charge in [-0.3, -0.25) is 4.79 Å². The van der Waals surface area contributed by atoms with Gasteiger partial charge < -0.3 is 4.57 Å². The van der Waals surface area contributed by atoms with Crippen molar-refractivity contribution < 1.29 is 22.4 Å².